The molecule has 2 N–H and O–H groups in total. The van der Waals surface area contributed by atoms with Crippen molar-refractivity contribution in [1.29, 1.82) is 0 Å². The fourth-order valence-electron chi connectivity index (χ4n) is 3.24. The summed E-state index contributed by atoms with van der Waals surface area (Å²) in [6, 6.07) is 2.75. The van der Waals surface area contributed by atoms with E-state index in [1.54, 1.807) is 6.07 Å². The number of hydrogen-bond acceptors (Lipinski definition) is 3. The molecule has 0 saturated heterocycles. The van der Waals surface area contributed by atoms with Crippen LogP contribution in [-0.2, 0) is 16.0 Å². The molecule has 0 atom stereocenters. The maximum atomic E-state index is 14.3. The number of carbonyl (C=O) groups excluding carboxylic acids is 2. The minimum Gasteiger partial charge on any atom is -0.398 e. The molecule has 0 spiro atoms. The van der Waals surface area contributed by atoms with Crippen LogP contribution in [0, 0.1) is 5.82 Å². The highest BCUT2D eigenvalue weighted by Crippen LogP contribution is 2.37. The van der Waals surface area contributed by atoms with Crippen LogP contribution in [0.25, 0.3) is 0 Å². The summed E-state index contributed by atoms with van der Waals surface area (Å²) in [7, 11) is 0. The van der Waals surface area contributed by atoms with E-state index in [0.717, 1.165) is 29.7 Å². The fourth-order valence-corrected chi connectivity index (χ4v) is 3.24. The second-order valence-electron chi connectivity index (χ2n) is 5.86. The van der Waals surface area contributed by atoms with Gasteiger partial charge >= 0.3 is 0 Å². The first-order valence-corrected chi connectivity index (χ1v) is 7.73. The van der Waals surface area contributed by atoms with Crippen LogP contribution in [0.3, 0.4) is 0 Å². The van der Waals surface area contributed by atoms with Gasteiger partial charge in [-0.25, -0.2) is 9.29 Å². The van der Waals surface area contributed by atoms with E-state index in [9.17, 15) is 14.0 Å². The Morgan fingerprint density at radius 1 is 1.14 bits per heavy atom. The Bertz CT molecular complexity index is 666. The number of imide groups is 1. The van der Waals surface area contributed by atoms with Gasteiger partial charge in [-0.2, -0.15) is 0 Å². The lowest BCUT2D eigenvalue weighted by Crippen LogP contribution is -2.32. The van der Waals surface area contributed by atoms with Gasteiger partial charge in [-0.15, -0.1) is 0 Å². The molecule has 2 amide bonds. The first-order chi connectivity index (χ1) is 10.5. The zero-order chi connectivity index (χ0) is 15.9. The molecular weight excluding hydrogens is 283 g/mol. The van der Waals surface area contributed by atoms with E-state index in [-0.39, 0.29) is 17.5 Å². The summed E-state index contributed by atoms with van der Waals surface area (Å²) in [5, 5.41) is 0. The smallest absolute Gasteiger partial charge is 0.261 e. The second kappa shape index (κ2) is 5.55. The first-order valence-electron chi connectivity index (χ1n) is 7.73. The molecule has 1 heterocycles. The van der Waals surface area contributed by atoms with Gasteiger partial charge in [0.2, 0.25) is 0 Å². The quantitative estimate of drug-likeness (QED) is 0.689. The predicted octanol–water partition coefficient (Wildman–Crippen LogP) is 3.10. The summed E-state index contributed by atoms with van der Waals surface area (Å²) in [6.07, 6.45) is 4.55. The summed E-state index contributed by atoms with van der Waals surface area (Å²) in [6.45, 7) is 1.99. The monoisotopic (exact) mass is 302 g/mol. The fraction of sp³-hybridized carbons (Fsp3) is 0.412. The van der Waals surface area contributed by atoms with Gasteiger partial charge in [-0.1, -0.05) is 13.3 Å². The summed E-state index contributed by atoms with van der Waals surface area (Å²) >= 11 is 0. The van der Waals surface area contributed by atoms with Crippen LogP contribution in [0.2, 0.25) is 0 Å². The van der Waals surface area contributed by atoms with Crippen molar-refractivity contribution in [2.45, 2.75) is 45.4 Å². The molecule has 0 bridgehead atoms. The van der Waals surface area contributed by atoms with Crippen molar-refractivity contribution >= 4 is 23.2 Å². The molecule has 5 heteroatoms. The molecule has 0 unspecified atom stereocenters. The molecule has 4 nitrogen and oxygen atoms in total. The Morgan fingerprint density at radius 2 is 1.73 bits per heavy atom. The average molecular weight is 302 g/mol. The van der Waals surface area contributed by atoms with Crippen molar-refractivity contribution in [1.82, 2.24) is 0 Å². The molecule has 1 aliphatic carbocycles. The Hall–Kier alpha value is -2.17. The number of hydrogen-bond donors (Lipinski definition) is 1. The van der Waals surface area contributed by atoms with E-state index in [1.807, 2.05) is 6.92 Å². The number of rotatable bonds is 3. The molecule has 1 aromatic rings. The maximum Gasteiger partial charge on any atom is 0.261 e. The van der Waals surface area contributed by atoms with Crippen molar-refractivity contribution in [3.8, 4) is 0 Å². The van der Waals surface area contributed by atoms with Gasteiger partial charge in [0.15, 0.2) is 0 Å². The van der Waals surface area contributed by atoms with Gasteiger partial charge < -0.3 is 5.73 Å². The van der Waals surface area contributed by atoms with E-state index in [4.69, 9.17) is 5.73 Å². The van der Waals surface area contributed by atoms with E-state index in [2.05, 4.69) is 0 Å². The second-order valence-corrected chi connectivity index (χ2v) is 5.86. The lowest BCUT2D eigenvalue weighted by atomic mass is 9.93. The van der Waals surface area contributed by atoms with Crippen molar-refractivity contribution < 1.29 is 14.0 Å². The standard InChI is InChI=1S/C17H19FN2O2/c1-2-5-10-8-15(13(18)9-14(10)19)20-16(21)11-6-3-4-7-12(11)17(20)22/h8-9H,2-7,19H2,1H3. The minimum absolute atomic E-state index is 0.0297. The Morgan fingerprint density at radius 3 is 2.27 bits per heavy atom. The summed E-state index contributed by atoms with van der Waals surface area (Å²) < 4.78 is 14.3. The van der Waals surface area contributed by atoms with Gasteiger partial charge in [-0.3, -0.25) is 9.59 Å². The summed E-state index contributed by atoms with van der Waals surface area (Å²) in [4.78, 5) is 26.0. The number of benzene rings is 1. The van der Waals surface area contributed by atoms with Gasteiger partial charge in [0.05, 0.1) is 5.69 Å². The SMILES string of the molecule is CCCc1cc(N2C(=O)C3=C(CCCC3)C2=O)c(F)cc1N. The minimum atomic E-state index is -0.626. The molecule has 1 aliphatic heterocycles. The number of nitrogens with zero attached hydrogens (tertiary/aromatic N) is 1. The Balaban J connectivity index is 2.03. The highest BCUT2D eigenvalue weighted by Gasteiger charge is 2.40. The predicted molar refractivity (Wildman–Crippen MR) is 82.8 cm³/mol. The van der Waals surface area contributed by atoms with E-state index < -0.39 is 5.82 Å². The van der Waals surface area contributed by atoms with Crippen LogP contribution in [-0.4, -0.2) is 11.8 Å². The number of halogens is 1. The number of nitrogen functional groups attached to an aromatic ring is 1. The van der Waals surface area contributed by atoms with Crippen molar-refractivity contribution in [2.24, 2.45) is 0 Å². The first kappa shape index (κ1) is 14.8. The number of anilines is 2. The lowest BCUT2D eigenvalue weighted by Gasteiger charge is -2.18. The summed E-state index contributed by atoms with van der Waals surface area (Å²) in [5.41, 5.74) is 8.10. The average Bonchev–Trinajstić information content (AvgIpc) is 2.75. The van der Waals surface area contributed by atoms with Gasteiger partial charge in [0, 0.05) is 16.8 Å². The molecule has 0 aromatic heterocycles. The van der Waals surface area contributed by atoms with Crippen molar-refractivity contribution in [2.75, 3.05) is 10.6 Å². The third-order valence-electron chi connectivity index (χ3n) is 4.36. The van der Waals surface area contributed by atoms with Crippen LogP contribution in [0.1, 0.15) is 44.6 Å². The topological polar surface area (TPSA) is 63.4 Å². The molecule has 3 rings (SSSR count). The van der Waals surface area contributed by atoms with Crippen LogP contribution in [0.15, 0.2) is 23.3 Å². The normalized spacial score (nSPS) is 18.2. The Kier molecular flexibility index (Phi) is 3.72. The number of amides is 2. The summed E-state index contributed by atoms with van der Waals surface area (Å²) in [5.74, 6) is -1.37. The number of nitrogens with two attached hydrogens (primary N) is 1. The van der Waals surface area contributed by atoms with E-state index in [1.165, 1.54) is 6.07 Å². The van der Waals surface area contributed by atoms with E-state index >= 15 is 0 Å². The zero-order valence-corrected chi connectivity index (χ0v) is 12.6. The third-order valence-corrected chi connectivity index (χ3v) is 4.36. The molecular formula is C17H19FN2O2. The van der Waals surface area contributed by atoms with Crippen LogP contribution in [0.4, 0.5) is 15.8 Å². The highest BCUT2D eigenvalue weighted by atomic mass is 19.1. The van der Waals surface area contributed by atoms with Crippen LogP contribution >= 0.6 is 0 Å². The third kappa shape index (κ3) is 2.21. The zero-order valence-electron chi connectivity index (χ0n) is 12.6. The van der Waals surface area contributed by atoms with Crippen LogP contribution < -0.4 is 10.6 Å². The van der Waals surface area contributed by atoms with Crippen LogP contribution in [0.5, 0.6) is 0 Å². The molecule has 0 saturated carbocycles. The van der Waals surface area contributed by atoms with Gasteiger partial charge in [0.1, 0.15) is 5.82 Å². The van der Waals surface area contributed by atoms with Gasteiger partial charge in [-0.05, 0) is 49.8 Å². The molecule has 2 aliphatic rings. The molecule has 0 fully saturated rings. The molecule has 1 aromatic carbocycles. The molecule has 116 valence electrons. The van der Waals surface area contributed by atoms with Crippen molar-refractivity contribution in [3.63, 3.8) is 0 Å². The lowest BCUT2D eigenvalue weighted by molar-refractivity contribution is -0.120. The molecule has 22 heavy (non-hydrogen) atoms. The molecule has 0 radical (unpaired) electrons. The maximum absolute atomic E-state index is 14.3. The van der Waals surface area contributed by atoms with Gasteiger partial charge in [0.25, 0.3) is 11.8 Å². The van der Waals surface area contributed by atoms with Crippen molar-refractivity contribution in [3.05, 3.63) is 34.7 Å². The number of aryl methyl sites for hydroxylation is 1. The number of carbonyl (C=O) groups is 2. The van der Waals surface area contributed by atoms with E-state index in [0.29, 0.717) is 36.1 Å². The highest BCUT2D eigenvalue weighted by molar-refractivity contribution is 6.33. The Labute approximate surface area is 128 Å². The largest absolute Gasteiger partial charge is 0.398 e.